The number of alkyl halides is 3. The average molecular weight is 193 g/mol. The Bertz CT molecular complexity index is 245. The highest BCUT2D eigenvalue weighted by atomic mass is 19.4. The lowest BCUT2D eigenvalue weighted by Gasteiger charge is -2.30. The zero-order chi connectivity index (χ0) is 10.3. The van der Waals surface area contributed by atoms with E-state index in [4.69, 9.17) is 5.26 Å². The van der Waals surface area contributed by atoms with Gasteiger partial charge in [-0.3, -0.25) is 0 Å². The van der Waals surface area contributed by atoms with Gasteiger partial charge in [0.15, 0.2) is 5.60 Å². The van der Waals surface area contributed by atoms with Crippen molar-refractivity contribution in [3.05, 3.63) is 0 Å². The number of nitrogens with zero attached hydrogens (tertiary/aromatic N) is 1. The quantitative estimate of drug-likeness (QED) is 0.591. The van der Waals surface area contributed by atoms with Crippen molar-refractivity contribution in [3.63, 3.8) is 0 Å². The summed E-state index contributed by atoms with van der Waals surface area (Å²) < 4.78 is 42.1. The molecule has 0 bridgehead atoms. The summed E-state index contributed by atoms with van der Waals surface area (Å²) in [5, 5.41) is 8.44. The van der Waals surface area contributed by atoms with Crippen LogP contribution in [0.1, 0.15) is 20.3 Å². The molecule has 0 aromatic carbocycles. The maximum atomic E-state index is 12.5. The van der Waals surface area contributed by atoms with E-state index in [2.05, 4.69) is 4.74 Å². The Morgan fingerprint density at radius 2 is 2.08 bits per heavy atom. The van der Waals surface area contributed by atoms with Crippen LogP contribution in [0.5, 0.6) is 0 Å². The van der Waals surface area contributed by atoms with Gasteiger partial charge in [0.1, 0.15) is 6.10 Å². The van der Waals surface area contributed by atoms with E-state index in [-0.39, 0.29) is 6.42 Å². The molecule has 0 aromatic rings. The van der Waals surface area contributed by atoms with Crippen LogP contribution >= 0.6 is 0 Å². The van der Waals surface area contributed by atoms with Crippen LogP contribution in [0.2, 0.25) is 0 Å². The minimum Gasteiger partial charge on any atom is -0.347 e. The summed E-state index contributed by atoms with van der Waals surface area (Å²) in [7, 11) is 0. The second-order valence-corrected chi connectivity index (χ2v) is 3.48. The molecular formula is C8H10F3NO. The van der Waals surface area contributed by atoms with E-state index in [1.54, 1.807) is 6.07 Å². The van der Waals surface area contributed by atoms with Gasteiger partial charge in [-0.05, 0) is 19.3 Å². The Morgan fingerprint density at radius 3 is 2.31 bits per heavy atom. The van der Waals surface area contributed by atoms with Crippen molar-refractivity contribution in [1.29, 1.82) is 5.26 Å². The van der Waals surface area contributed by atoms with Gasteiger partial charge in [0.25, 0.3) is 0 Å². The molecule has 0 radical (unpaired) electrons. The molecule has 1 heterocycles. The van der Waals surface area contributed by atoms with Crippen molar-refractivity contribution in [3.8, 4) is 6.07 Å². The van der Waals surface area contributed by atoms with E-state index in [0.717, 1.165) is 6.92 Å². The third-order valence-corrected chi connectivity index (χ3v) is 2.60. The Morgan fingerprint density at radius 1 is 1.54 bits per heavy atom. The van der Waals surface area contributed by atoms with Gasteiger partial charge in [-0.15, -0.1) is 0 Å². The summed E-state index contributed by atoms with van der Waals surface area (Å²) in [6.07, 6.45) is -5.19. The SMILES string of the molecule is C[C@H]1CC(C#N)O[C@@]1(C)C(F)(F)F. The Kier molecular flexibility index (Phi) is 2.28. The highest BCUT2D eigenvalue weighted by molar-refractivity contribution is 5.02. The second kappa shape index (κ2) is 2.88. The van der Waals surface area contributed by atoms with Gasteiger partial charge >= 0.3 is 6.18 Å². The van der Waals surface area contributed by atoms with Gasteiger partial charge in [-0.1, -0.05) is 6.92 Å². The summed E-state index contributed by atoms with van der Waals surface area (Å²) in [6, 6.07) is 1.70. The van der Waals surface area contributed by atoms with Crippen molar-refractivity contribution >= 4 is 0 Å². The van der Waals surface area contributed by atoms with E-state index in [9.17, 15) is 13.2 Å². The van der Waals surface area contributed by atoms with Crippen molar-refractivity contribution in [2.45, 2.75) is 38.1 Å². The van der Waals surface area contributed by atoms with Crippen LogP contribution < -0.4 is 0 Å². The number of hydrogen-bond donors (Lipinski definition) is 0. The first-order valence-corrected chi connectivity index (χ1v) is 3.95. The van der Waals surface area contributed by atoms with Crippen LogP contribution in [0.3, 0.4) is 0 Å². The van der Waals surface area contributed by atoms with Gasteiger partial charge in [0.05, 0.1) is 6.07 Å². The maximum Gasteiger partial charge on any atom is 0.417 e. The minimum absolute atomic E-state index is 0.145. The topological polar surface area (TPSA) is 33.0 Å². The molecule has 1 unspecified atom stereocenters. The van der Waals surface area contributed by atoms with Crippen molar-refractivity contribution < 1.29 is 17.9 Å². The standard InChI is InChI=1S/C8H10F3NO/c1-5-3-6(4-12)13-7(5,2)8(9,10)11/h5-6H,3H2,1-2H3/t5-,6?,7+/m0/s1. The van der Waals surface area contributed by atoms with Crippen LogP contribution in [0.25, 0.3) is 0 Å². The highest BCUT2D eigenvalue weighted by Crippen LogP contribution is 2.46. The number of nitriles is 1. The number of rotatable bonds is 0. The molecule has 74 valence electrons. The molecule has 1 rings (SSSR count). The second-order valence-electron chi connectivity index (χ2n) is 3.48. The molecule has 5 heteroatoms. The molecule has 0 N–H and O–H groups in total. The number of ether oxygens (including phenoxy) is 1. The first-order chi connectivity index (χ1) is 5.81. The number of halogens is 3. The predicted octanol–water partition coefficient (Wildman–Crippen LogP) is 2.26. The average Bonchev–Trinajstić information content (AvgIpc) is 2.28. The Balaban J connectivity index is 2.88. The summed E-state index contributed by atoms with van der Waals surface area (Å²) in [5.41, 5.74) is -2.16. The molecule has 1 saturated heterocycles. The molecule has 0 aliphatic carbocycles. The molecule has 1 aliphatic heterocycles. The van der Waals surface area contributed by atoms with Gasteiger partial charge in [0, 0.05) is 0 Å². The lowest BCUT2D eigenvalue weighted by Crippen LogP contribution is -2.46. The molecule has 13 heavy (non-hydrogen) atoms. The van der Waals surface area contributed by atoms with Gasteiger partial charge in [0.2, 0.25) is 0 Å². The largest absolute Gasteiger partial charge is 0.417 e. The maximum absolute atomic E-state index is 12.5. The normalized spacial score (nSPS) is 40.3. The van der Waals surface area contributed by atoms with E-state index in [1.807, 2.05) is 0 Å². The number of hydrogen-bond acceptors (Lipinski definition) is 2. The van der Waals surface area contributed by atoms with Crippen LogP contribution in [-0.2, 0) is 4.74 Å². The zero-order valence-corrected chi connectivity index (χ0v) is 7.35. The van der Waals surface area contributed by atoms with Gasteiger partial charge < -0.3 is 4.74 Å². The van der Waals surface area contributed by atoms with E-state index >= 15 is 0 Å². The Hall–Kier alpha value is -0.760. The van der Waals surface area contributed by atoms with E-state index in [1.165, 1.54) is 6.92 Å². The summed E-state index contributed by atoms with van der Waals surface area (Å²) in [4.78, 5) is 0. The summed E-state index contributed by atoms with van der Waals surface area (Å²) >= 11 is 0. The summed E-state index contributed by atoms with van der Waals surface area (Å²) in [5.74, 6) is -0.669. The van der Waals surface area contributed by atoms with Crippen LogP contribution in [0, 0.1) is 17.2 Å². The smallest absolute Gasteiger partial charge is 0.347 e. The molecule has 2 nitrogen and oxygen atoms in total. The van der Waals surface area contributed by atoms with Crippen molar-refractivity contribution in [2.75, 3.05) is 0 Å². The van der Waals surface area contributed by atoms with E-state index < -0.39 is 23.8 Å². The molecule has 0 saturated carbocycles. The third-order valence-electron chi connectivity index (χ3n) is 2.60. The minimum atomic E-state index is -4.40. The molecule has 1 aliphatic rings. The molecule has 1 fully saturated rings. The molecule has 0 aromatic heterocycles. The van der Waals surface area contributed by atoms with Crippen LogP contribution in [-0.4, -0.2) is 17.9 Å². The first-order valence-electron chi connectivity index (χ1n) is 3.95. The fraction of sp³-hybridized carbons (Fsp3) is 0.875. The third kappa shape index (κ3) is 1.51. The zero-order valence-electron chi connectivity index (χ0n) is 7.35. The van der Waals surface area contributed by atoms with Gasteiger partial charge in [-0.2, -0.15) is 18.4 Å². The first kappa shape index (κ1) is 10.3. The van der Waals surface area contributed by atoms with E-state index in [0.29, 0.717) is 0 Å². The van der Waals surface area contributed by atoms with Crippen molar-refractivity contribution in [2.24, 2.45) is 5.92 Å². The lowest BCUT2D eigenvalue weighted by atomic mass is 9.89. The monoisotopic (exact) mass is 193 g/mol. The fourth-order valence-corrected chi connectivity index (χ4v) is 1.43. The molecular weight excluding hydrogens is 183 g/mol. The van der Waals surface area contributed by atoms with Crippen LogP contribution in [0.15, 0.2) is 0 Å². The van der Waals surface area contributed by atoms with Crippen LogP contribution in [0.4, 0.5) is 13.2 Å². The summed E-state index contributed by atoms with van der Waals surface area (Å²) in [6.45, 7) is 2.44. The Labute approximate surface area is 74.3 Å². The fourth-order valence-electron chi connectivity index (χ4n) is 1.43. The molecule has 0 spiro atoms. The molecule has 3 atom stereocenters. The highest BCUT2D eigenvalue weighted by Gasteiger charge is 2.60. The predicted molar refractivity (Wildman–Crippen MR) is 38.7 cm³/mol. The van der Waals surface area contributed by atoms with Crippen molar-refractivity contribution in [1.82, 2.24) is 0 Å². The van der Waals surface area contributed by atoms with Gasteiger partial charge in [-0.25, -0.2) is 0 Å². The molecule has 0 amide bonds. The lowest BCUT2D eigenvalue weighted by molar-refractivity contribution is -0.270.